The maximum atomic E-state index is 11.8. The third-order valence-corrected chi connectivity index (χ3v) is 7.48. The van der Waals surface area contributed by atoms with Crippen molar-refractivity contribution < 1.29 is 19.7 Å². The quantitative estimate of drug-likeness (QED) is 0.205. The standard InChI is InChI=1S/C27H47NO4S/c1-2-3-4-11-14-23(29)25-16-17-26(32-25)24(30)15-12-9-7-5-6-8-10-13-19-28-27(31)22-18-20-33-21-22/h18,20-21,23-26,29-30H,2-17,19H2,1H3,(H,28,31)/t23-,24-,25-,26-/m1/s1. The van der Waals surface area contributed by atoms with Crippen molar-refractivity contribution in [3.63, 3.8) is 0 Å². The summed E-state index contributed by atoms with van der Waals surface area (Å²) in [4.78, 5) is 11.8. The molecule has 1 aromatic heterocycles. The molecule has 1 aliphatic rings. The van der Waals surface area contributed by atoms with Gasteiger partial charge in [0.2, 0.25) is 0 Å². The highest BCUT2D eigenvalue weighted by Gasteiger charge is 2.33. The first-order valence-corrected chi connectivity index (χ1v) is 14.4. The Bertz CT molecular complexity index is 609. The lowest BCUT2D eigenvalue weighted by Gasteiger charge is -2.22. The van der Waals surface area contributed by atoms with E-state index in [9.17, 15) is 15.0 Å². The molecule has 1 fully saturated rings. The van der Waals surface area contributed by atoms with Gasteiger partial charge in [-0.2, -0.15) is 11.3 Å². The molecule has 33 heavy (non-hydrogen) atoms. The molecule has 0 aromatic carbocycles. The molecule has 190 valence electrons. The monoisotopic (exact) mass is 481 g/mol. The van der Waals surface area contributed by atoms with Gasteiger partial charge in [-0.25, -0.2) is 0 Å². The number of nitrogens with one attached hydrogen (secondary N) is 1. The number of amides is 1. The van der Waals surface area contributed by atoms with Crippen LogP contribution in [0.2, 0.25) is 0 Å². The van der Waals surface area contributed by atoms with Crippen LogP contribution in [0.15, 0.2) is 16.8 Å². The highest BCUT2D eigenvalue weighted by atomic mass is 32.1. The van der Waals surface area contributed by atoms with Crippen molar-refractivity contribution in [1.29, 1.82) is 0 Å². The summed E-state index contributed by atoms with van der Waals surface area (Å²) in [5.74, 6) is 0.0375. The number of rotatable bonds is 19. The number of hydrogen-bond donors (Lipinski definition) is 3. The Hall–Kier alpha value is -0.950. The first-order chi connectivity index (χ1) is 16.1. The lowest BCUT2D eigenvalue weighted by molar-refractivity contribution is -0.0786. The van der Waals surface area contributed by atoms with Crippen LogP contribution in [0.25, 0.3) is 0 Å². The van der Waals surface area contributed by atoms with E-state index >= 15 is 0 Å². The lowest BCUT2D eigenvalue weighted by atomic mass is 10.0. The van der Waals surface area contributed by atoms with E-state index in [4.69, 9.17) is 4.74 Å². The Morgan fingerprint density at radius 2 is 1.48 bits per heavy atom. The summed E-state index contributed by atoms with van der Waals surface area (Å²) in [6, 6.07) is 1.86. The van der Waals surface area contributed by atoms with Crippen LogP contribution in [0.3, 0.4) is 0 Å². The van der Waals surface area contributed by atoms with Crippen LogP contribution in [0.5, 0.6) is 0 Å². The minimum absolute atomic E-state index is 0.0375. The Morgan fingerprint density at radius 3 is 2.03 bits per heavy atom. The molecule has 0 spiro atoms. The fourth-order valence-corrected chi connectivity index (χ4v) is 5.28. The normalized spacial score (nSPS) is 20.1. The molecule has 2 heterocycles. The summed E-state index contributed by atoms with van der Waals surface area (Å²) in [7, 11) is 0. The number of carbonyl (C=O) groups is 1. The van der Waals surface area contributed by atoms with Crippen LogP contribution < -0.4 is 5.32 Å². The van der Waals surface area contributed by atoms with Gasteiger partial charge in [-0.3, -0.25) is 4.79 Å². The van der Waals surface area contributed by atoms with Crippen molar-refractivity contribution in [3.05, 3.63) is 22.4 Å². The predicted octanol–water partition coefficient (Wildman–Crippen LogP) is 6.23. The second-order valence-corrected chi connectivity index (χ2v) is 10.4. The van der Waals surface area contributed by atoms with Gasteiger partial charge in [-0.05, 0) is 43.6 Å². The average Bonchev–Trinajstić information content (AvgIpc) is 3.52. The van der Waals surface area contributed by atoms with Gasteiger partial charge < -0.3 is 20.3 Å². The largest absolute Gasteiger partial charge is 0.390 e. The zero-order valence-electron chi connectivity index (χ0n) is 20.7. The van der Waals surface area contributed by atoms with Gasteiger partial charge in [0.25, 0.3) is 5.91 Å². The Kier molecular flexibility index (Phi) is 15.0. The molecule has 5 nitrogen and oxygen atoms in total. The van der Waals surface area contributed by atoms with Crippen molar-refractivity contribution in [1.82, 2.24) is 5.32 Å². The maximum absolute atomic E-state index is 11.8. The average molecular weight is 482 g/mol. The van der Waals surface area contributed by atoms with E-state index < -0.39 is 6.10 Å². The molecule has 0 aliphatic carbocycles. The molecule has 1 aromatic rings. The number of aliphatic hydroxyl groups excluding tert-OH is 2. The van der Waals surface area contributed by atoms with Crippen LogP contribution in [-0.2, 0) is 4.74 Å². The van der Waals surface area contributed by atoms with Crippen LogP contribution in [0.4, 0.5) is 0 Å². The van der Waals surface area contributed by atoms with Gasteiger partial charge >= 0.3 is 0 Å². The summed E-state index contributed by atoms with van der Waals surface area (Å²) in [6.07, 6.45) is 16.4. The summed E-state index contributed by atoms with van der Waals surface area (Å²) in [5.41, 5.74) is 0.764. The first-order valence-electron chi connectivity index (χ1n) is 13.4. The number of unbranched alkanes of at least 4 members (excludes halogenated alkanes) is 10. The molecule has 0 saturated carbocycles. The van der Waals surface area contributed by atoms with E-state index in [0.717, 1.165) is 69.9 Å². The molecule has 0 unspecified atom stereocenters. The number of carbonyl (C=O) groups excluding carboxylic acids is 1. The van der Waals surface area contributed by atoms with Gasteiger partial charge in [-0.15, -0.1) is 0 Å². The SMILES string of the molecule is CCCCCC[C@@H](O)[C@H]1CC[C@H]([C@H](O)CCCCCCCCCCNC(=O)c2ccsc2)O1. The van der Waals surface area contributed by atoms with E-state index in [1.807, 2.05) is 16.8 Å². The van der Waals surface area contributed by atoms with E-state index in [1.54, 1.807) is 11.3 Å². The minimum atomic E-state index is -0.397. The fraction of sp³-hybridized carbons (Fsp3) is 0.815. The summed E-state index contributed by atoms with van der Waals surface area (Å²) < 4.78 is 5.99. The number of hydrogen-bond acceptors (Lipinski definition) is 5. The van der Waals surface area contributed by atoms with Crippen LogP contribution in [-0.4, -0.2) is 47.1 Å². The van der Waals surface area contributed by atoms with Gasteiger partial charge in [0, 0.05) is 17.5 Å². The van der Waals surface area contributed by atoms with Crippen molar-refractivity contribution >= 4 is 17.2 Å². The zero-order valence-corrected chi connectivity index (χ0v) is 21.5. The van der Waals surface area contributed by atoms with E-state index in [2.05, 4.69) is 12.2 Å². The molecular weight excluding hydrogens is 434 g/mol. The van der Waals surface area contributed by atoms with Gasteiger partial charge in [0.15, 0.2) is 0 Å². The van der Waals surface area contributed by atoms with Gasteiger partial charge in [0.05, 0.1) is 24.4 Å². The van der Waals surface area contributed by atoms with Gasteiger partial charge in [0.1, 0.15) is 0 Å². The summed E-state index contributed by atoms with van der Waals surface area (Å²) in [5, 5.41) is 27.6. The van der Waals surface area contributed by atoms with Crippen molar-refractivity contribution in [3.8, 4) is 0 Å². The highest BCUT2D eigenvalue weighted by Crippen LogP contribution is 2.28. The zero-order chi connectivity index (χ0) is 23.7. The van der Waals surface area contributed by atoms with E-state index in [-0.39, 0.29) is 24.2 Å². The Balaban J connectivity index is 1.38. The second kappa shape index (κ2) is 17.5. The Morgan fingerprint density at radius 1 is 0.939 bits per heavy atom. The molecule has 1 saturated heterocycles. The lowest BCUT2D eigenvalue weighted by Crippen LogP contribution is -2.31. The topological polar surface area (TPSA) is 78.8 Å². The summed E-state index contributed by atoms with van der Waals surface area (Å²) >= 11 is 1.55. The molecule has 1 amide bonds. The van der Waals surface area contributed by atoms with E-state index in [0.29, 0.717) is 0 Å². The molecule has 4 atom stereocenters. The molecule has 0 radical (unpaired) electrons. The molecule has 0 bridgehead atoms. The van der Waals surface area contributed by atoms with Gasteiger partial charge in [-0.1, -0.05) is 77.6 Å². The highest BCUT2D eigenvalue weighted by molar-refractivity contribution is 7.08. The van der Waals surface area contributed by atoms with Crippen molar-refractivity contribution in [2.75, 3.05) is 6.54 Å². The smallest absolute Gasteiger partial charge is 0.252 e. The molecule has 1 aliphatic heterocycles. The molecular formula is C27H47NO4S. The van der Waals surface area contributed by atoms with Crippen molar-refractivity contribution in [2.24, 2.45) is 0 Å². The van der Waals surface area contributed by atoms with Crippen LogP contribution in [0, 0.1) is 0 Å². The van der Waals surface area contributed by atoms with E-state index in [1.165, 1.54) is 44.9 Å². The van der Waals surface area contributed by atoms with Crippen molar-refractivity contribution in [2.45, 2.75) is 134 Å². The Labute approximate surface area is 205 Å². The third-order valence-electron chi connectivity index (χ3n) is 6.79. The van der Waals surface area contributed by atoms with Crippen LogP contribution in [0.1, 0.15) is 120 Å². The number of thiophene rings is 1. The number of aliphatic hydroxyl groups is 2. The maximum Gasteiger partial charge on any atom is 0.252 e. The fourth-order valence-electron chi connectivity index (χ4n) is 4.64. The molecule has 3 N–H and O–H groups in total. The third kappa shape index (κ3) is 11.8. The minimum Gasteiger partial charge on any atom is -0.390 e. The first kappa shape index (κ1) is 28.3. The summed E-state index contributed by atoms with van der Waals surface area (Å²) in [6.45, 7) is 2.95. The predicted molar refractivity (Wildman–Crippen MR) is 137 cm³/mol. The molecule has 6 heteroatoms. The molecule has 2 rings (SSSR count). The second-order valence-electron chi connectivity index (χ2n) is 9.66. The number of ether oxygens (including phenoxy) is 1. The van der Waals surface area contributed by atoms with Crippen LogP contribution >= 0.6 is 11.3 Å².